The first-order valence-corrected chi connectivity index (χ1v) is 13.5. The standard InChI is InChI=1S/C36H34N2O2/c1-23(2)34(39)40-33-20-18-27(22-32(33)35(3,4)5)38(25-15-13-24(37-8)14-16-25)26-17-19-29-28-11-9-10-12-30(28)36(6,7)31(29)21-26/h9-22H,1H2,2-7H3. The zero-order valence-electron chi connectivity index (χ0n) is 24.0. The van der Waals surface area contributed by atoms with Crippen LogP contribution < -0.4 is 9.64 Å². The van der Waals surface area contributed by atoms with Crippen LogP contribution in [0, 0.1) is 6.57 Å². The van der Waals surface area contributed by atoms with Crippen LogP contribution in [0.1, 0.15) is 58.2 Å². The molecule has 0 N–H and O–H groups in total. The van der Waals surface area contributed by atoms with Gasteiger partial charge in [0.05, 0.1) is 6.57 Å². The van der Waals surface area contributed by atoms with Crippen LogP contribution in [0.3, 0.4) is 0 Å². The van der Waals surface area contributed by atoms with Crippen molar-refractivity contribution in [2.75, 3.05) is 4.90 Å². The molecule has 5 rings (SSSR count). The van der Waals surface area contributed by atoms with Crippen molar-refractivity contribution in [2.24, 2.45) is 0 Å². The lowest BCUT2D eigenvalue weighted by Gasteiger charge is -2.30. The van der Waals surface area contributed by atoms with Gasteiger partial charge in [0.1, 0.15) is 5.75 Å². The third-order valence-electron chi connectivity index (χ3n) is 7.64. The van der Waals surface area contributed by atoms with E-state index in [1.807, 2.05) is 36.4 Å². The number of hydrogen-bond donors (Lipinski definition) is 0. The highest BCUT2D eigenvalue weighted by atomic mass is 16.5. The summed E-state index contributed by atoms with van der Waals surface area (Å²) >= 11 is 0. The molecular formula is C36H34N2O2. The van der Waals surface area contributed by atoms with E-state index in [1.54, 1.807) is 6.92 Å². The van der Waals surface area contributed by atoms with E-state index in [-0.39, 0.29) is 10.8 Å². The van der Waals surface area contributed by atoms with E-state index in [4.69, 9.17) is 11.3 Å². The summed E-state index contributed by atoms with van der Waals surface area (Å²) in [4.78, 5) is 18.2. The van der Waals surface area contributed by atoms with Crippen LogP contribution in [-0.4, -0.2) is 5.97 Å². The summed E-state index contributed by atoms with van der Waals surface area (Å²) < 4.78 is 5.74. The summed E-state index contributed by atoms with van der Waals surface area (Å²) in [6, 6.07) is 28.9. The number of esters is 1. The molecule has 200 valence electrons. The molecule has 0 heterocycles. The van der Waals surface area contributed by atoms with Gasteiger partial charge in [0, 0.05) is 33.6 Å². The molecule has 4 aromatic carbocycles. The highest BCUT2D eigenvalue weighted by Crippen LogP contribution is 2.51. The van der Waals surface area contributed by atoms with Crippen LogP contribution in [0.15, 0.2) is 97.1 Å². The maximum atomic E-state index is 12.4. The molecule has 0 atom stereocenters. The van der Waals surface area contributed by atoms with Gasteiger partial charge in [0.2, 0.25) is 0 Å². The molecule has 4 heteroatoms. The van der Waals surface area contributed by atoms with Crippen molar-refractivity contribution >= 4 is 28.7 Å². The molecule has 1 aliphatic carbocycles. The Labute approximate surface area is 237 Å². The predicted molar refractivity (Wildman–Crippen MR) is 164 cm³/mol. The third kappa shape index (κ3) is 4.69. The topological polar surface area (TPSA) is 33.9 Å². The molecule has 0 amide bonds. The smallest absolute Gasteiger partial charge is 0.338 e. The van der Waals surface area contributed by atoms with Crippen LogP contribution in [0.5, 0.6) is 5.75 Å². The van der Waals surface area contributed by atoms with E-state index >= 15 is 0 Å². The summed E-state index contributed by atoms with van der Waals surface area (Å²) in [7, 11) is 0. The molecule has 0 aliphatic heterocycles. The van der Waals surface area contributed by atoms with Crippen LogP contribution >= 0.6 is 0 Å². The Morgan fingerprint density at radius 3 is 2.10 bits per heavy atom. The SMILES string of the molecule is [C-]#[N+]c1ccc(N(c2ccc(OC(=O)C(=C)C)c(C(C)(C)C)c2)c2ccc3c(c2)C(C)(C)c2ccccc2-3)cc1. The van der Waals surface area contributed by atoms with Crippen molar-refractivity contribution in [3.05, 3.63) is 125 Å². The number of hydrogen-bond acceptors (Lipinski definition) is 3. The quantitative estimate of drug-likeness (QED) is 0.112. The minimum atomic E-state index is -0.440. The molecule has 0 fully saturated rings. The second-order valence-electron chi connectivity index (χ2n) is 12.0. The van der Waals surface area contributed by atoms with Gasteiger partial charge in [-0.15, -0.1) is 0 Å². The molecule has 4 aromatic rings. The van der Waals surface area contributed by atoms with Gasteiger partial charge < -0.3 is 9.64 Å². The molecule has 0 bridgehead atoms. The maximum Gasteiger partial charge on any atom is 0.338 e. The maximum absolute atomic E-state index is 12.4. The molecular weight excluding hydrogens is 492 g/mol. The van der Waals surface area contributed by atoms with Gasteiger partial charge in [0.15, 0.2) is 5.69 Å². The van der Waals surface area contributed by atoms with Gasteiger partial charge in [-0.25, -0.2) is 9.64 Å². The normalized spacial score (nSPS) is 13.1. The molecule has 1 aliphatic rings. The average molecular weight is 527 g/mol. The molecule has 0 saturated carbocycles. The number of fused-ring (bicyclic) bond motifs is 3. The van der Waals surface area contributed by atoms with Crippen molar-refractivity contribution < 1.29 is 9.53 Å². The largest absolute Gasteiger partial charge is 0.423 e. The predicted octanol–water partition coefficient (Wildman–Crippen LogP) is 9.79. The summed E-state index contributed by atoms with van der Waals surface area (Å²) in [6.45, 7) is 23.7. The van der Waals surface area contributed by atoms with Gasteiger partial charge in [-0.3, -0.25) is 0 Å². The number of carbonyl (C=O) groups excluding carboxylic acids is 1. The zero-order valence-corrected chi connectivity index (χ0v) is 24.0. The summed E-state index contributed by atoms with van der Waals surface area (Å²) in [5, 5.41) is 0. The Hall–Kier alpha value is -4.62. The van der Waals surface area contributed by atoms with Gasteiger partial charge in [-0.1, -0.05) is 83.7 Å². The second-order valence-corrected chi connectivity index (χ2v) is 12.0. The monoisotopic (exact) mass is 526 g/mol. The summed E-state index contributed by atoms with van der Waals surface area (Å²) in [5.74, 6) is 0.0864. The minimum Gasteiger partial charge on any atom is -0.423 e. The number of rotatable bonds is 5. The lowest BCUT2D eigenvalue weighted by Crippen LogP contribution is -2.19. The fourth-order valence-corrected chi connectivity index (χ4v) is 5.47. The Morgan fingerprint density at radius 1 is 0.850 bits per heavy atom. The van der Waals surface area contributed by atoms with Crippen LogP contribution in [-0.2, 0) is 15.6 Å². The van der Waals surface area contributed by atoms with Crippen molar-refractivity contribution in [1.82, 2.24) is 0 Å². The Bertz CT molecular complexity index is 1680. The van der Waals surface area contributed by atoms with E-state index < -0.39 is 5.97 Å². The van der Waals surface area contributed by atoms with E-state index in [0.717, 1.165) is 22.6 Å². The van der Waals surface area contributed by atoms with Crippen molar-refractivity contribution in [2.45, 2.75) is 52.4 Å². The summed E-state index contributed by atoms with van der Waals surface area (Å²) in [6.07, 6.45) is 0. The highest BCUT2D eigenvalue weighted by molar-refractivity contribution is 5.89. The Balaban J connectivity index is 1.69. The van der Waals surface area contributed by atoms with Crippen LogP contribution in [0.25, 0.3) is 16.0 Å². The summed E-state index contributed by atoms with van der Waals surface area (Å²) in [5.41, 5.74) is 9.45. The number of ether oxygens (including phenoxy) is 1. The fraction of sp³-hybridized carbons (Fsp3) is 0.222. The number of anilines is 3. The highest BCUT2D eigenvalue weighted by Gasteiger charge is 2.35. The van der Waals surface area contributed by atoms with Crippen LogP contribution in [0.2, 0.25) is 0 Å². The minimum absolute atomic E-state index is 0.140. The first-order valence-electron chi connectivity index (χ1n) is 13.5. The van der Waals surface area contributed by atoms with Gasteiger partial charge >= 0.3 is 5.97 Å². The molecule has 0 saturated heterocycles. The van der Waals surface area contributed by atoms with Gasteiger partial charge in [-0.05, 0) is 77.1 Å². The molecule has 0 radical (unpaired) electrons. The van der Waals surface area contributed by atoms with E-state index in [2.05, 4.69) is 99.5 Å². The van der Waals surface area contributed by atoms with Gasteiger partial charge in [0.25, 0.3) is 0 Å². The number of carbonyl (C=O) groups is 1. The Kier molecular flexibility index (Phi) is 6.64. The number of benzene rings is 4. The van der Waals surface area contributed by atoms with E-state index in [0.29, 0.717) is 17.0 Å². The van der Waals surface area contributed by atoms with E-state index in [9.17, 15) is 4.79 Å². The number of nitrogens with zero attached hydrogens (tertiary/aromatic N) is 2. The van der Waals surface area contributed by atoms with Crippen molar-refractivity contribution in [1.29, 1.82) is 0 Å². The molecule has 0 aromatic heterocycles. The Morgan fingerprint density at radius 2 is 1.45 bits per heavy atom. The first kappa shape index (κ1) is 27.0. The molecule has 0 unspecified atom stereocenters. The molecule has 40 heavy (non-hydrogen) atoms. The lowest BCUT2D eigenvalue weighted by atomic mass is 9.82. The second kappa shape index (κ2) is 9.84. The molecule has 4 nitrogen and oxygen atoms in total. The van der Waals surface area contributed by atoms with Crippen molar-refractivity contribution in [3.63, 3.8) is 0 Å². The first-order chi connectivity index (χ1) is 18.9. The van der Waals surface area contributed by atoms with Crippen LogP contribution in [0.4, 0.5) is 22.7 Å². The van der Waals surface area contributed by atoms with Gasteiger partial charge in [-0.2, -0.15) is 0 Å². The lowest BCUT2D eigenvalue weighted by molar-refractivity contribution is -0.130. The third-order valence-corrected chi connectivity index (χ3v) is 7.64. The van der Waals surface area contributed by atoms with Crippen molar-refractivity contribution in [3.8, 4) is 16.9 Å². The fourth-order valence-electron chi connectivity index (χ4n) is 5.47. The zero-order chi connectivity index (χ0) is 28.8. The van der Waals surface area contributed by atoms with E-state index in [1.165, 1.54) is 22.3 Å². The average Bonchev–Trinajstić information content (AvgIpc) is 3.15. The molecule has 0 spiro atoms.